The second-order valence-corrected chi connectivity index (χ2v) is 6.65. The number of carboxylic acids is 1. The first-order chi connectivity index (χ1) is 11.5. The molecule has 0 spiro atoms. The number of carbonyl (C=O) groups excluding carboxylic acids is 2. The standard InChI is InChI=1S/C18H22N2O4/c1-12-5-2-3-7-15(12)20-11-14(9-16(20)21)17(22)19-8-4-6-13(10-19)18(23)24/h2-3,5,7,13-14H,4,6,8-11H2,1H3,(H,23,24)/t13-,14+/m1/s1. The summed E-state index contributed by atoms with van der Waals surface area (Å²) in [7, 11) is 0. The minimum absolute atomic E-state index is 0.0468. The quantitative estimate of drug-likeness (QED) is 0.914. The Bertz CT molecular complexity index is 673. The second kappa shape index (κ2) is 6.63. The van der Waals surface area contributed by atoms with Crippen LogP contribution in [0.1, 0.15) is 24.8 Å². The third-order valence-corrected chi connectivity index (χ3v) is 4.96. The largest absolute Gasteiger partial charge is 0.481 e. The van der Waals surface area contributed by atoms with E-state index in [0.29, 0.717) is 25.9 Å². The highest BCUT2D eigenvalue weighted by atomic mass is 16.4. The molecule has 0 bridgehead atoms. The van der Waals surface area contributed by atoms with Gasteiger partial charge in [0.15, 0.2) is 0 Å². The molecule has 0 unspecified atom stereocenters. The molecule has 0 saturated carbocycles. The van der Waals surface area contributed by atoms with E-state index in [4.69, 9.17) is 5.11 Å². The van der Waals surface area contributed by atoms with E-state index in [9.17, 15) is 14.4 Å². The number of nitrogens with zero attached hydrogens (tertiary/aromatic N) is 2. The van der Waals surface area contributed by atoms with E-state index in [1.165, 1.54) is 0 Å². The summed E-state index contributed by atoms with van der Waals surface area (Å²) in [6.07, 6.45) is 1.50. The van der Waals surface area contributed by atoms with Crippen molar-refractivity contribution in [3.63, 3.8) is 0 Å². The molecule has 2 atom stereocenters. The fraction of sp³-hybridized carbons (Fsp3) is 0.500. The Kier molecular flexibility index (Phi) is 4.55. The second-order valence-electron chi connectivity index (χ2n) is 6.65. The molecule has 2 aliphatic rings. The van der Waals surface area contributed by atoms with Crippen LogP contribution in [0.2, 0.25) is 0 Å². The highest BCUT2D eigenvalue weighted by Crippen LogP contribution is 2.29. The zero-order valence-electron chi connectivity index (χ0n) is 13.8. The van der Waals surface area contributed by atoms with Gasteiger partial charge in [-0.25, -0.2) is 0 Å². The Hall–Kier alpha value is -2.37. The van der Waals surface area contributed by atoms with Gasteiger partial charge in [0.05, 0.1) is 11.8 Å². The normalized spacial score (nSPS) is 24.3. The number of aryl methyl sites for hydroxylation is 1. The van der Waals surface area contributed by atoms with Gasteiger partial charge < -0.3 is 14.9 Å². The summed E-state index contributed by atoms with van der Waals surface area (Å²) >= 11 is 0. The molecule has 3 rings (SSSR count). The fourth-order valence-corrected chi connectivity index (χ4v) is 3.61. The molecule has 2 amide bonds. The predicted molar refractivity (Wildman–Crippen MR) is 88.6 cm³/mol. The molecule has 1 aromatic carbocycles. The van der Waals surface area contributed by atoms with Crippen LogP contribution < -0.4 is 4.90 Å². The van der Waals surface area contributed by atoms with Crippen molar-refractivity contribution in [2.75, 3.05) is 24.5 Å². The average molecular weight is 330 g/mol. The number of hydrogen-bond acceptors (Lipinski definition) is 3. The van der Waals surface area contributed by atoms with Crippen molar-refractivity contribution < 1.29 is 19.5 Å². The molecule has 24 heavy (non-hydrogen) atoms. The number of amides is 2. The predicted octanol–water partition coefficient (Wildman–Crippen LogP) is 1.67. The number of piperidine rings is 1. The number of carbonyl (C=O) groups is 3. The summed E-state index contributed by atoms with van der Waals surface area (Å²) in [5, 5.41) is 9.17. The first-order valence-electron chi connectivity index (χ1n) is 8.35. The van der Waals surface area contributed by atoms with Crippen LogP contribution in [0.5, 0.6) is 0 Å². The van der Waals surface area contributed by atoms with E-state index >= 15 is 0 Å². The molecule has 2 heterocycles. The molecular weight excluding hydrogens is 308 g/mol. The van der Waals surface area contributed by atoms with Crippen molar-refractivity contribution in [1.29, 1.82) is 0 Å². The summed E-state index contributed by atoms with van der Waals surface area (Å²) in [6, 6.07) is 7.63. The Labute approximate surface area is 141 Å². The smallest absolute Gasteiger partial charge is 0.308 e. The van der Waals surface area contributed by atoms with Crippen molar-refractivity contribution >= 4 is 23.5 Å². The van der Waals surface area contributed by atoms with Crippen LogP contribution in [-0.2, 0) is 14.4 Å². The lowest BCUT2D eigenvalue weighted by Crippen LogP contribution is -2.45. The number of carboxylic acid groups (broad SMARTS) is 1. The molecular formula is C18H22N2O4. The molecule has 0 aromatic heterocycles. The SMILES string of the molecule is Cc1ccccc1N1C[C@@H](C(=O)N2CCC[C@@H](C(=O)O)C2)CC1=O. The molecule has 1 aromatic rings. The third-order valence-electron chi connectivity index (χ3n) is 4.96. The van der Waals surface area contributed by atoms with Gasteiger partial charge in [-0.1, -0.05) is 18.2 Å². The highest BCUT2D eigenvalue weighted by Gasteiger charge is 2.39. The Morgan fingerprint density at radius 3 is 2.62 bits per heavy atom. The van der Waals surface area contributed by atoms with Gasteiger partial charge in [-0.15, -0.1) is 0 Å². The molecule has 128 valence electrons. The third kappa shape index (κ3) is 3.13. The van der Waals surface area contributed by atoms with Gasteiger partial charge in [0.25, 0.3) is 0 Å². The maximum absolute atomic E-state index is 12.7. The van der Waals surface area contributed by atoms with Crippen molar-refractivity contribution in [1.82, 2.24) is 4.90 Å². The summed E-state index contributed by atoms with van der Waals surface area (Å²) in [6.45, 7) is 3.15. The van der Waals surface area contributed by atoms with Gasteiger partial charge in [-0.3, -0.25) is 14.4 Å². The molecule has 0 aliphatic carbocycles. The summed E-state index contributed by atoms with van der Waals surface area (Å²) in [5.41, 5.74) is 1.85. The minimum Gasteiger partial charge on any atom is -0.481 e. The van der Waals surface area contributed by atoms with Gasteiger partial charge in [0, 0.05) is 31.7 Å². The lowest BCUT2D eigenvalue weighted by molar-refractivity contribution is -0.146. The average Bonchev–Trinajstić information content (AvgIpc) is 2.96. The maximum Gasteiger partial charge on any atom is 0.308 e. The van der Waals surface area contributed by atoms with Gasteiger partial charge in [-0.05, 0) is 31.4 Å². The molecule has 1 N–H and O–H groups in total. The molecule has 2 aliphatic heterocycles. The van der Waals surface area contributed by atoms with E-state index in [-0.39, 0.29) is 30.7 Å². The van der Waals surface area contributed by atoms with E-state index in [1.54, 1.807) is 9.80 Å². The van der Waals surface area contributed by atoms with Crippen molar-refractivity contribution in [2.45, 2.75) is 26.2 Å². The van der Waals surface area contributed by atoms with Crippen molar-refractivity contribution in [3.8, 4) is 0 Å². The van der Waals surface area contributed by atoms with Crippen LogP contribution in [-0.4, -0.2) is 47.4 Å². The van der Waals surface area contributed by atoms with Crippen LogP contribution in [0, 0.1) is 18.8 Å². The summed E-state index contributed by atoms with van der Waals surface area (Å²) < 4.78 is 0. The zero-order chi connectivity index (χ0) is 17.3. The van der Waals surface area contributed by atoms with Gasteiger partial charge >= 0.3 is 5.97 Å². The molecule has 2 fully saturated rings. The maximum atomic E-state index is 12.7. The van der Waals surface area contributed by atoms with Crippen molar-refractivity contribution in [2.24, 2.45) is 11.8 Å². The number of rotatable bonds is 3. The van der Waals surface area contributed by atoms with E-state index in [2.05, 4.69) is 0 Å². The van der Waals surface area contributed by atoms with Gasteiger partial charge in [0.1, 0.15) is 0 Å². The van der Waals surface area contributed by atoms with Crippen LogP contribution in [0.25, 0.3) is 0 Å². The van der Waals surface area contributed by atoms with Crippen LogP contribution in [0.3, 0.4) is 0 Å². The number of benzene rings is 1. The Morgan fingerprint density at radius 1 is 1.17 bits per heavy atom. The first kappa shape index (κ1) is 16.5. The van der Waals surface area contributed by atoms with Gasteiger partial charge in [-0.2, -0.15) is 0 Å². The number of likely N-dealkylation sites (tertiary alicyclic amines) is 1. The lowest BCUT2D eigenvalue weighted by Gasteiger charge is -2.32. The number of hydrogen-bond donors (Lipinski definition) is 1. The van der Waals surface area contributed by atoms with Gasteiger partial charge in [0.2, 0.25) is 11.8 Å². The van der Waals surface area contributed by atoms with Crippen LogP contribution >= 0.6 is 0 Å². The van der Waals surface area contributed by atoms with E-state index < -0.39 is 11.9 Å². The van der Waals surface area contributed by atoms with Crippen molar-refractivity contribution in [3.05, 3.63) is 29.8 Å². The summed E-state index contributed by atoms with van der Waals surface area (Å²) in [4.78, 5) is 39.6. The number of aliphatic carboxylic acids is 1. The van der Waals surface area contributed by atoms with E-state index in [1.807, 2.05) is 31.2 Å². The monoisotopic (exact) mass is 330 g/mol. The van der Waals surface area contributed by atoms with Crippen LogP contribution in [0.4, 0.5) is 5.69 Å². The molecule has 2 saturated heterocycles. The first-order valence-corrected chi connectivity index (χ1v) is 8.35. The molecule has 0 radical (unpaired) electrons. The Balaban J connectivity index is 1.70. The summed E-state index contributed by atoms with van der Waals surface area (Å²) in [5.74, 6) is -1.87. The lowest BCUT2D eigenvalue weighted by atomic mass is 9.96. The highest BCUT2D eigenvalue weighted by molar-refractivity contribution is 6.00. The number of anilines is 1. The topological polar surface area (TPSA) is 77.9 Å². The van der Waals surface area contributed by atoms with Crippen LogP contribution in [0.15, 0.2) is 24.3 Å². The molecule has 6 heteroatoms. The van der Waals surface area contributed by atoms with E-state index in [0.717, 1.165) is 11.3 Å². The molecule has 6 nitrogen and oxygen atoms in total. The Morgan fingerprint density at radius 2 is 1.92 bits per heavy atom. The fourth-order valence-electron chi connectivity index (χ4n) is 3.61. The number of para-hydroxylation sites is 1. The minimum atomic E-state index is -0.850. The zero-order valence-corrected chi connectivity index (χ0v) is 13.8.